The minimum absolute atomic E-state index is 0.258. The van der Waals surface area contributed by atoms with E-state index in [4.69, 9.17) is 19.5 Å². The third-order valence-corrected chi connectivity index (χ3v) is 3.68. The average Bonchev–Trinajstić information content (AvgIpc) is 2.54. The highest BCUT2D eigenvalue weighted by Gasteiger charge is 2.46. The summed E-state index contributed by atoms with van der Waals surface area (Å²) in [4.78, 5) is 11.3. The van der Waals surface area contributed by atoms with E-state index in [2.05, 4.69) is 5.32 Å². The molecular weight excluding hydrogens is 321 g/mol. The molecule has 132 valence electrons. The van der Waals surface area contributed by atoms with Gasteiger partial charge in [-0.05, 0) is 17.6 Å². The molecule has 5 atom stereocenters. The lowest BCUT2D eigenvalue weighted by atomic mass is 9.80. The van der Waals surface area contributed by atoms with Gasteiger partial charge in [0, 0.05) is 6.92 Å². The number of rotatable bonds is 5. The van der Waals surface area contributed by atoms with Gasteiger partial charge >= 0.3 is 7.12 Å². The first-order chi connectivity index (χ1) is 11.3. The largest absolute Gasteiger partial charge is 0.488 e. The van der Waals surface area contributed by atoms with Gasteiger partial charge in [-0.25, -0.2) is 0 Å². The van der Waals surface area contributed by atoms with E-state index in [0.717, 1.165) is 0 Å². The van der Waals surface area contributed by atoms with E-state index < -0.39 is 50.3 Å². The van der Waals surface area contributed by atoms with Crippen molar-refractivity contribution in [2.24, 2.45) is 0 Å². The first-order valence-electron chi connectivity index (χ1n) is 7.35. The molecule has 10 heteroatoms. The number of carbonyl (C=O) groups is 1. The van der Waals surface area contributed by atoms with Crippen LogP contribution in [0.3, 0.4) is 0 Å². The average molecular weight is 341 g/mol. The highest BCUT2D eigenvalue weighted by Crippen LogP contribution is 2.24. The minimum Gasteiger partial charge on any atom is -0.463 e. The van der Waals surface area contributed by atoms with Gasteiger partial charge in [0.25, 0.3) is 0 Å². The van der Waals surface area contributed by atoms with Gasteiger partial charge < -0.3 is 40.2 Å². The molecule has 1 heterocycles. The number of hydrogen-bond donors (Lipinski definition) is 6. The van der Waals surface area contributed by atoms with Crippen LogP contribution in [0.15, 0.2) is 24.3 Å². The van der Waals surface area contributed by atoms with Gasteiger partial charge in [-0.2, -0.15) is 0 Å². The Morgan fingerprint density at radius 3 is 2.38 bits per heavy atom. The molecule has 1 amide bonds. The van der Waals surface area contributed by atoms with Crippen LogP contribution in [-0.2, 0) is 9.53 Å². The van der Waals surface area contributed by atoms with E-state index in [1.54, 1.807) is 0 Å². The fourth-order valence-electron chi connectivity index (χ4n) is 2.42. The predicted octanol–water partition coefficient (Wildman–Crippen LogP) is -3.31. The molecule has 1 aliphatic rings. The Hall–Kier alpha value is -1.69. The summed E-state index contributed by atoms with van der Waals surface area (Å²) in [5.74, 6) is -0.176. The van der Waals surface area contributed by atoms with E-state index in [1.807, 2.05) is 0 Å². The van der Waals surface area contributed by atoms with Crippen molar-refractivity contribution in [2.45, 2.75) is 37.6 Å². The van der Waals surface area contributed by atoms with Crippen molar-refractivity contribution in [2.75, 3.05) is 6.61 Å². The van der Waals surface area contributed by atoms with Crippen molar-refractivity contribution in [3.8, 4) is 5.75 Å². The molecule has 1 fully saturated rings. The van der Waals surface area contributed by atoms with Crippen LogP contribution in [0.25, 0.3) is 0 Å². The minimum atomic E-state index is -1.62. The van der Waals surface area contributed by atoms with Crippen LogP contribution in [0, 0.1) is 0 Å². The number of aliphatic hydroxyl groups is 3. The Kier molecular flexibility index (Phi) is 6.16. The number of carbonyl (C=O) groups excluding carboxylic acids is 1. The summed E-state index contributed by atoms with van der Waals surface area (Å²) in [6, 6.07) is 4.70. The zero-order chi connectivity index (χ0) is 17.9. The Balaban J connectivity index is 2.17. The Labute approximate surface area is 138 Å². The summed E-state index contributed by atoms with van der Waals surface area (Å²) in [6.07, 6.45) is -5.02. The van der Waals surface area contributed by atoms with Crippen molar-refractivity contribution >= 4 is 18.5 Å². The molecule has 6 N–H and O–H groups in total. The topological polar surface area (TPSA) is 149 Å². The molecule has 1 aromatic rings. The maximum atomic E-state index is 11.3. The molecule has 0 aromatic heterocycles. The summed E-state index contributed by atoms with van der Waals surface area (Å²) in [7, 11) is -1.62. The first kappa shape index (κ1) is 18.7. The normalized spacial score (nSPS) is 29.8. The molecule has 0 radical (unpaired) electrons. The number of hydrogen-bond acceptors (Lipinski definition) is 8. The lowest BCUT2D eigenvalue weighted by Crippen LogP contribution is -2.65. The van der Waals surface area contributed by atoms with E-state index >= 15 is 0 Å². The number of aliphatic hydroxyl groups excluding tert-OH is 3. The van der Waals surface area contributed by atoms with Crippen molar-refractivity contribution < 1.29 is 39.6 Å². The monoisotopic (exact) mass is 341 g/mol. The molecule has 1 aliphatic heterocycles. The number of benzene rings is 1. The molecule has 0 spiro atoms. The SMILES string of the molecule is CC(=O)N[C@@H]1C(Oc2ccc(B(O)O)cc2)OC(CO)C(O)C1O. The molecule has 4 unspecified atom stereocenters. The predicted molar refractivity (Wildman–Crippen MR) is 82.3 cm³/mol. The fourth-order valence-corrected chi connectivity index (χ4v) is 2.42. The molecule has 9 nitrogen and oxygen atoms in total. The Morgan fingerprint density at radius 1 is 1.25 bits per heavy atom. The van der Waals surface area contributed by atoms with Gasteiger partial charge in [-0.1, -0.05) is 12.1 Å². The van der Waals surface area contributed by atoms with E-state index in [0.29, 0.717) is 0 Å². The second kappa shape index (κ2) is 7.93. The van der Waals surface area contributed by atoms with Crippen molar-refractivity contribution in [1.29, 1.82) is 0 Å². The van der Waals surface area contributed by atoms with Crippen molar-refractivity contribution in [3.63, 3.8) is 0 Å². The summed E-state index contributed by atoms with van der Waals surface area (Å²) in [5, 5.41) is 49.9. The molecule has 24 heavy (non-hydrogen) atoms. The van der Waals surface area contributed by atoms with Gasteiger partial charge in [-0.15, -0.1) is 0 Å². The maximum Gasteiger partial charge on any atom is 0.488 e. The lowest BCUT2D eigenvalue weighted by Gasteiger charge is -2.42. The molecule has 0 aliphatic carbocycles. The van der Waals surface area contributed by atoms with Gasteiger partial charge in [0.15, 0.2) is 0 Å². The molecule has 2 rings (SSSR count). The van der Waals surface area contributed by atoms with Crippen LogP contribution in [-0.4, -0.2) is 75.6 Å². The summed E-state index contributed by atoms with van der Waals surface area (Å²) in [5.41, 5.74) is 0.258. The van der Waals surface area contributed by atoms with Gasteiger partial charge in [0.2, 0.25) is 12.2 Å². The third kappa shape index (κ3) is 4.23. The standard InChI is InChI=1S/C14H20BNO8/c1-7(18)16-11-13(20)12(19)10(6-17)24-14(11)23-9-4-2-8(3-5-9)15(21)22/h2-5,10-14,17,19-22H,6H2,1H3,(H,16,18)/t10?,11-,12?,13?,14?/m0/s1. The summed E-state index contributed by atoms with van der Waals surface area (Å²) in [6.45, 7) is 0.701. The van der Waals surface area contributed by atoms with Crippen molar-refractivity contribution in [3.05, 3.63) is 24.3 Å². The van der Waals surface area contributed by atoms with Crippen LogP contribution in [0.4, 0.5) is 0 Å². The number of ether oxygens (including phenoxy) is 2. The highest BCUT2D eigenvalue weighted by atomic mass is 16.7. The molecule has 0 saturated carbocycles. The van der Waals surface area contributed by atoms with Gasteiger partial charge in [-0.3, -0.25) is 4.79 Å². The second-order valence-corrected chi connectivity index (χ2v) is 5.49. The van der Waals surface area contributed by atoms with Crippen molar-refractivity contribution in [1.82, 2.24) is 5.32 Å². The van der Waals surface area contributed by atoms with E-state index in [1.165, 1.54) is 31.2 Å². The summed E-state index contributed by atoms with van der Waals surface area (Å²) < 4.78 is 11.0. The summed E-state index contributed by atoms with van der Waals surface area (Å²) >= 11 is 0. The Morgan fingerprint density at radius 2 is 1.88 bits per heavy atom. The fraction of sp³-hybridized carbons (Fsp3) is 0.500. The third-order valence-electron chi connectivity index (χ3n) is 3.68. The lowest BCUT2D eigenvalue weighted by molar-refractivity contribution is -0.244. The highest BCUT2D eigenvalue weighted by molar-refractivity contribution is 6.58. The molecule has 0 bridgehead atoms. The Bertz CT molecular complexity index is 554. The quantitative estimate of drug-likeness (QED) is 0.305. The number of nitrogens with one attached hydrogen (secondary N) is 1. The van der Waals surface area contributed by atoms with Crippen LogP contribution in [0.1, 0.15) is 6.92 Å². The van der Waals surface area contributed by atoms with Crippen LogP contribution >= 0.6 is 0 Å². The van der Waals surface area contributed by atoms with Crippen LogP contribution < -0.4 is 15.5 Å². The smallest absolute Gasteiger partial charge is 0.463 e. The van der Waals surface area contributed by atoms with E-state index in [-0.39, 0.29) is 11.2 Å². The van der Waals surface area contributed by atoms with E-state index in [9.17, 15) is 20.1 Å². The van der Waals surface area contributed by atoms with Crippen LogP contribution in [0.2, 0.25) is 0 Å². The first-order valence-corrected chi connectivity index (χ1v) is 7.35. The maximum absolute atomic E-state index is 11.3. The van der Waals surface area contributed by atoms with Gasteiger partial charge in [0.1, 0.15) is 30.1 Å². The zero-order valence-corrected chi connectivity index (χ0v) is 12.9. The zero-order valence-electron chi connectivity index (χ0n) is 12.9. The molecule has 1 aromatic carbocycles. The van der Waals surface area contributed by atoms with Gasteiger partial charge in [0.05, 0.1) is 6.61 Å². The molecule has 1 saturated heterocycles. The second-order valence-electron chi connectivity index (χ2n) is 5.49. The van der Waals surface area contributed by atoms with Crippen LogP contribution in [0.5, 0.6) is 5.75 Å². The molecular formula is C14H20BNO8. The number of amides is 1.